The van der Waals surface area contributed by atoms with E-state index in [1.165, 1.54) is 12.4 Å². The van der Waals surface area contributed by atoms with Crippen molar-refractivity contribution in [2.45, 2.75) is 20.3 Å². The molecule has 0 aliphatic rings. The zero-order chi connectivity index (χ0) is 14.1. The van der Waals surface area contributed by atoms with E-state index in [-0.39, 0.29) is 5.91 Å². The number of nitrogens with one attached hydrogen (secondary N) is 2. The van der Waals surface area contributed by atoms with Crippen molar-refractivity contribution in [1.82, 2.24) is 15.3 Å². The average molecular weight is 266 g/mol. The molecule has 6 heteroatoms. The molecule has 0 fully saturated rings. The molecule has 1 heterocycles. The molecular weight excluding hydrogens is 244 g/mol. The van der Waals surface area contributed by atoms with Gasteiger partial charge >= 0.3 is 0 Å². The van der Waals surface area contributed by atoms with Gasteiger partial charge < -0.3 is 15.4 Å². The van der Waals surface area contributed by atoms with Gasteiger partial charge in [0.05, 0.1) is 19.0 Å². The van der Waals surface area contributed by atoms with Crippen LogP contribution in [0.3, 0.4) is 0 Å². The quantitative estimate of drug-likeness (QED) is 0.694. The Kier molecular flexibility index (Phi) is 6.81. The van der Waals surface area contributed by atoms with Crippen molar-refractivity contribution >= 4 is 11.7 Å². The number of ether oxygens (including phenoxy) is 1. The molecular formula is C13H22N4O2. The number of hydrogen-bond donors (Lipinski definition) is 2. The molecule has 2 N–H and O–H groups in total. The van der Waals surface area contributed by atoms with E-state index in [0.29, 0.717) is 30.6 Å². The molecule has 0 aromatic carbocycles. The molecule has 0 bridgehead atoms. The number of rotatable bonds is 8. The monoisotopic (exact) mass is 266 g/mol. The predicted octanol–water partition coefficient (Wildman–Crippen LogP) is 1.31. The van der Waals surface area contributed by atoms with Crippen LogP contribution in [-0.4, -0.2) is 42.7 Å². The second kappa shape index (κ2) is 8.42. The summed E-state index contributed by atoms with van der Waals surface area (Å²) in [4.78, 5) is 19.7. The number of carbonyl (C=O) groups excluding carboxylic acids is 1. The Morgan fingerprint density at radius 2 is 2.11 bits per heavy atom. The molecule has 1 aromatic rings. The Hall–Kier alpha value is -1.69. The van der Waals surface area contributed by atoms with Crippen molar-refractivity contribution < 1.29 is 9.53 Å². The minimum Gasteiger partial charge on any atom is -0.380 e. The lowest BCUT2D eigenvalue weighted by atomic mass is 10.1. The van der Waals surface area contributed by atoms with E-state index in [9.17, 15) is 4.79 Å². The zero-order valence-corrected chi connectivity index (χ0v) is 11.8. The third-order valence-electron chi connectivity index (χ3n) is 2.51. The van der Waals surface area contributed by atoms with E-state index < -0.39 is 0 Å². The van der Waals surface area contributed by atoms with Gasteiger partial charge in [0.2, 0.25) is 0 Å². The van der Waals surface area contributed by atoms with Crippen molar-refractivity contribution in [1.29, 1.82) is 0 Å². The molecule has 19 heavy (non-hydrogen) atoms. The lowest BCUT2D eigenvalue weighted by Crippen LogP contribution is -2.28. The van der Waals surface area contributed by atoms with Crippen LogP contribution >= 0.6 is 0 Å². The molecule has 0 atom stereocenters. The summed E-state index contributed by atoms with van der Waals surface area (Å²) in [5, 5.41) is 5.58. The molecule has 0 radical (unpaired) electrons. The summed E-state index contributed by atoms with van der Waals surface area (Å²) in [5.74, 6) is 1.03. The standard InChI is InChI=1S/C13H22N4O2/c1-10(2)4-6-19-7-5-15-13(18)11-8-17-12(14-3)9-16-11/h8-10H,4-7H2,1-3H3,(H,14,17)(H,15,18). The third-order valence-corrected chi connectivity index (χ3v) is 2.51. The summed E-state index contributed by atoms with van der Waals surface area (Å²) in [7, 11) is 1.75. The molecule has 0 saturated carbocycles. The molecule has 1 rings (SSSR count). The molecule has 0 aliphatic carbocycles. The number of carbonyl (C=O) groups is 1. The largest absolute Gasteiger partial charge is 0.380 e. The smallest absolute Gasteiger partial charge is 0.271 e. The van der Waals surface area contributed by atoms with Crippen molar-refractivity contribution in [2.24, 2.45) is 5.92 Å². The normalized spacial score (nSPS) is 10.5. The molecule has 106 valence electrons. The van der Waals surface area contributed by atoms with Crippen LogP contribution in [-0.2, 0) is 4.74 Å². The van der Waals surface area contributed by atoms with Gasteiger partial charge in [-0.05, 0) is 12.3 Å². The predicted molar refractivity (Wildman–Crippen MR) is 74.2 cm³/mol. The highest BCUT2D eigenvalue weighted by atomic mass is 16.5. The number of aromatic nitrogens is 2. The van der Waals surface area contributed by atoms with Crippen molar-refractivity contribution in [3.63, 3.8) is 0 Å². The third kappa shape index (κ3) is 6.15. The number of anilines is 1. The fourth-order valence-electron chi connectivity index (χ4n) is 1.32. The van der Waals surface area contributed by atoms with E-state index in [0.717, 1.165) is 13.0 Å². The van der Waals surface area contributed by atoms with Crippen LogP contribution < -0.4 is 10.6 Å². The molecule has 0 spiro atoms. The lowest BCUT2D eigenvalue weighted by Gasteiger charge is -2.07. The Balaban J connectivity index is 2.20. The van der Waals surface area contributed by atoms with Gasteiger partial charge in [-0.2, -0.15) is 0 Å². The van der Waals surface area contributed by atoms with Crippen LogP contribution in [0.15, 0.2) is 12.4 Å². The van der Waals surface area contributed by atoms with Crippen molar-refractivity contribution in [3.05, 3.63) is 18.1 Å². The summed E-state index contributed by atoms with van der Waals surface area (Å²) >= 11 is 0. The Morgan fingerprint density at radius 3 is 2.68 bits per heavy atom. The summed E-state index contributed by atoms with van der Waals surface area (Å²) in [6, 6.07) is 0. The number of hydrogen-bond acceptors (Lipinski definition) is 5. The van der Waals surface area contributed by atoms with Crippen LogP contribution in [0.5, 0.6) is 0 Å². The summed E-state index contributed by atoms with van der Waals surface area (Å²) in [6.45, 7) is 6.02. The highest BCUT2D eigenvalue weighted by Gasteiger charge is 2.06. The van der Waals surface area contributed by atoms with Crippen LogP contribution in [0, 0.1) is 5.92 Å². The first-order valence-corrected chi connectivity index (χ1v) is 6.49. The first kappa shape index (κ1) is 15.4. The van der Waals surface area contributed by atoms with E-state index in [1.54, 1.807) is 7.05 Å². The van der Waals surface area contributed by atoms with Crippen LogP contribution in [0.25, 0.3) is 0 Å². The fourth-order valence-corrected chi connectivity index (χ4v) is 1.32. The van der Waals surface area contributed by atoms with Gasteiger partial charge in [-0.1, -0.05) is 13.8 Å². The molecule has 1 aromatic heterocycles. The van der Waals surface area contributed by atoms with Crippen molar-refractivity contribution in [2.75, 3.05) is 32.1 Å². The highest BCUT2D eigenvalue weighted by Crippen LogP contribution is 2.00. The van der Waals surface area contributed by atoms with E-state index in [2.05, 4.69) is 34.4 Å². The van der Waals surface area contributed by atoms with E-state index >= 15 is 0 Å². The van der Waals surface area contributed by atoms with E-state index in [1.807, 2.05) is 0 Å². The average Bonchev–Trinajstić information content (AvgIpc) is 2.42. The van der Waals surface area contributed by atoms with Gasteiger partial charge in [0.15, 0.2) is 0 Å². The second-order valence-corrected chi connectivity index (χ2v) is 4.59. The van der Waals surface area contributed by atoms with Gasteiger partial charge in [0.1, 0.15) is 11.5 Å². The fraction of sp³-hybridized carbons (Fsp3) is 0.615. The first-order valence-electron chi connectivity index (χ1n) is 6.49. The van der Waals surface area contributed by atoms with Gasteiger partial charge in [-0.3, -0.25) is 4.79 Å². The maximum Gasteiger partial charge on any atom is 0.271 e. The highest BCUT2D eigenvalue weighted by molar-refractivity contribution is 5.91. The maximum absolute atomic E-state index is 11.7. The molecule has 6 nitrogen and oxygen atoms in total. The Labute approximate surface area is 114 Å². The Morgan fingerprint density at radius 1 is 1.32 bits per heavy atom. The Bertz CT molecular complexity index is 379. The molecule has 1 amide bonds. The van der Waals surface area contributed by atoms with Gasteiger partial charge in [0.25, 0.3) is 5.91 Å². The number of nitrogens with zero attached hydrogens (tertiary/aromatic N) is 2. The minimum absolute atomic E-state index is 0.234. The van der Waals surface area contributed by atoms with Gasteiger partial charge in [-0.15, -0.1) is 0 Å². The zero-order valence-electron chi connectivity index (χ0n) is 11.8. The molecule has 0 saturated heterocycles. The topological polar surface area (TPSA) is 76.1 Å². The summed E-state index contributed by atoms with van der Waals surface area (Å²) in [5.41, 5.74) is 0.307. The van der Waals surface area contributed by atoms with Gasteiger partial charge in [0, 0.05) is 20.2 Å². The first-order chi connectivity index (χ1) is 9.13. The summed E-state index contributed by atoms with van der Waals surface area (Å²) in [6.07, 6.45) is 4.00. The number of amides is 1. The maximum atomic E-state index is 11.7. The van der Waals surface area contributed by atoms with Crippen LogP contribution in [0.4, 0.5) is 5.82 Å². The minimum atomic E-state index is -0.234. The second-order valence-electron chi connectivity index (χ2n) is 4.59. The van der Waals surface area contributed by atoms with E-state index in [4.69, 9.17) is 4.74 Å². The van der Waals surface area contributed by atoms with Crippen LogP contribution in [0.1, 0.15) is 30.8 Å². The van der Waals surface area contributed by atoms with Gasteiger partial charge in [-0.25, -0.2) is 9.97 Å². The SMILES string of the molecule is CNc1cnc(C(=O)NCCOCCC(C)C)cn1. The van der Waals surface area contributed by atoms with Crippen LogP contribution in [0.2, 0.25) is 0 Å². The van der Waals surface area contributed by atoms with Crippen molar-refractivity contribution in [3.8, 4) is 0 Å². The summed E-state index contributed by atoms with van der Waals surface area (Å²) < 4.78 is 5.41. The lowest BCUT2D eigenvalue weighted by molar-refractivity contribution is 0.0901. The molecule has 0 aliphatic heterocycles. The molecule has 0 unspecified atom stereocenters.